The van der Waals surface area contributed by atoms with E-state index in [0.29, 0.717) is 30.5 Å². The van der Waals surface area contributed by atoms with Crippen LogP contribution in [-0.4, -0.2) is 57.6 Å². The minimum atomic E-state index is -1.04. The normalized spacial score (nSPS) is 12.9. The van der Waals surface area contributed by atoms with Crippen LogP contribution in [0, 0.1) is 13.8 Å². The lowest BCUT2D eigenvalue weighted by atomic mass is 9.97. The molecule has 8 nitrogen and oxygen atoms in total. The van der Waals surface area contributed by atoms with Crippen molar-refractivity contribution in [2.45, 2.75) is 64.8 Å². The number of hydrogen-bond acceptors (Lipinski definition) is 5. The minimum absolute atomic E-state index is 0.00928. The van der Waals surface area contributed by atoms with Crippen molar-refractivity contribution in [3.05, 3.63) is 137 Å². The van der Waals surface area contributed by atoms with Crippen LogP contribution in [0.15, 0.2) is 103 Å². The van der Waals surface area contributed by atoms with Crippen molar-refractivity contribution < 1.29 is 24.6 Å². The molecule has 0 saturated heterocycles. The van der Waals surface area contributed by atoms with Crippen molar-refractivity contribution >= 4 is 17.7 Å². The summed E-state index contributed by atoms with van der Waals surface area (Å²) in [6.45, 7) is 5.50. The molecule has 4 rings (SSSR count). The lowest BCUT2D eigenvalue weighted by molar-refractivity contribution is -0.139. The highest BCUT2D eigenvalue weighted by Gasteiger charge is 2.30. The Morgan fingerprint density at radius 1 is 0.761 bits per heavy atom. The van der Waals surface area contributed by atoms with E-state index in [1.165, 1.54) is 17.9 Å². The average Bonchev–Trinajstić information content (AvgIpc) is 3.05. The van der Waals surface area contributed by atoms with Gasteiger partial charge < -0.3 is 25.7 Å². The molecule has 0 bridgehead atoms. The summed E-state index contributed by atoms with van der Waals surface area (Å²) in [5.74, 6) is -0.996. The molecule has 0 aliphatic heterocycles. The second kappa shape index (κ2) is 16.4. The number of aliphatic hydroxyl groups is 1. The van der Waals surface area contributed by atoms with Gasteiger partial charge in [-0.1, -0.05) is 96.6 Å². The van der Waals surface area contributed by atoms with Crippen molar-refractivity contribution in [1.29, 1.82) is 0 Å². The summed E-state index contributed by atoms with van der Waals surface area (Å²) in [6.07, 6.45) is -0.281. The summed E-state index contributed by atoms with van der Waals surface area (Å²) in [6, 6.07) is 30.1. The number of aryl methyl sites for hydroxylation is 1. The van der Waals surface area contributed by atoms with Gasteiger partial charge in [-0.3, -0.25) is 14.4 Å². The number of carbonyl (C=O) groups is 3. The first kappa shape index (κ1) is 33.9. The molecule has 0 saturated carbocycles. The van der Waals surface area contributed by atoms with Crippen LogP contribution in [0.1, 0.15) is 51.5 Å². The van der Waals surface area contributed by atoms with Gasteiger partial charge in [0.2, 0.25) is 11.8 Å². The van der Waals surface area contributed by atoms with Gasteiger partial charge in [-0.2, -0.15) is 0 Å². The number of carbonyl (C=O) groups excluding carboxylic acids is 3. The quantitative estimate of drug-likeness (QED) is 0.160. The SMILES string of the molecule is CC(=O)N(CC[C@@H](O)[C@H](Cc1ccccc1)NC(=O)c1cccc(O)c1C)[C@@H](Cc1ccccc1)C(=O)NCc1ccc(C)cc1. The van der Waals surface area contributed by atoms with Gasteiger partial charge in [0.25, 0.3) is 5.91 Å². The zero-order valence-electron chi connectivity index (χ0n) is 26.6. The van der Waals surface area contributed by atoms with Gasteiger partial charge in [0.05, 0.1) is 12.1 Å². The molecule has 4 aromatic rings. The van der Waals surface area contributed by atoms with Crippen LogP contribution in [0.5, 0.6) is 5.75 Å². The van der Waals surface area contributed by atoms with Crippen molar-refractivity contribution in [1.82, 2.24) is 15.5 Å². The van der Waals surface area contributed by atoms with Gasteiger partial charge in [-0.15, -0.1) is 0 Å². The van der Waals surface area contributed by atoms with E-state index in [1.54, 1.807) is 19.1 Å². The molecule has 0 heterocycles. The molecule has 0 aliphatic rings. The van der Waals surface area contributed by atoms with Gasteiger partial charge in [0.15, 0.2) is 0 Å². The van der Waals surface area contributed by atoms with Crippen molar-refractivity contribution in [2.75, 3.05) is 6.54 Å². The Labute approximate surface area is 271 Å². The molecule has 8 heteroatoms. The molecule has 0 aromatic heterocycles. The molecule has 3 amide bonds. The number of rotatable bonds is 14. The van der Waals surface area contributed by atoms with E-state index in [0.717, 1.165) is 22.3 Å². The van der Waals surface area contributed by atoms with Gasteiger partial charge in [0.1, 0.15) is 11.8 Å². The van der Waals surface area contributed by atoms with Crippen molar-refractivity contribution in [3.63, 3.8) is 0 Å². The third kappa shape index (κ3) is 9.52. The Morgan fingerprint density at radius 3 is 1.98 bits per heavy atom. The first-order valence-corrected chi connectivity index (χ1v) is 15.6. The zero-order valence-corrected chi connectivity index (χ0v) is 26.6. The Morgan fingerprint density at radius 2 is 1.37 bits per heavy atom. The van der Waals surface area contributed by atoms with Crippen LogP contribution in [0.4, 0.5) is 0 Å². The van der Waals surface area contributed by atoms with Crippen LogP contribution >= 0.6 is 0 Å². The average molecular weight is 622 g/mol. The summed E-state index contributed by atoms with van der Waals surface area (Å²) in [7, 11) is 0. The zero-order chi connectivity index (χ0) is 33.1. The van der Waals surface area contributed by atoms with E-state index >= 15 is 0 Å². The topological polar surface area (TPSA) is 119 Å². The predicted octanol–water partition coefficient (Wildman–Crippen LogP) is 4.88. The van der Waals surface area contributed by atoms with Crippen LogP contribution in [0.3, 0.4) is 0 Å². The number of phenols is 1. The summed E-state index contributed by atoms with van der Waals surface area (Å²) in [5.41, 5.74) is 4.64. The molecular weight excluding hydrogens is 578 g/mol. The van der Waals surface area contributed by atoms with Gasteiger partial charge in [-0.25, -0.2) is 0 Å². The molecular formula is C38H43N3O5. The second-order valence-corrected chi connectivity index (χ2v) is 11.7. The number of nitrogens with one attached hydrogen (secondary N) is 2. The van der Waals surface area contributed by atoms with Crippen LogP contribution < -0.4 is 10.6 Å². The molecule has 0 fully saturated rings. The van der Waals surface area contributed by atoms with Crippen LogP contribution in [-0.2, 0) is 29.0 Å². The number of hydrogen-bond donors (Lipinski definition) is 4. The maximum absolute atomic E-state index is 13.7. The largest absolute Gasteiger partial charge is 0.508 e. The number of benzene rings is 4. The molecule has 0 unspecified atom stereocenters. The van der Waals surface area contributed by atoms with Gasteiger partial charge in [0, 0.05) is 37.6 Å². The molecule has 4 aromatic carbocycles. The fraction of sp³-hybridized carbons (Fsp3) is 0.289. The Bertz CT molecular complexity index is 1590. The number of phenolic OH excluding ortho intramolecular Hbond substituents is 1. The third-order valence-corrected chi connectivity index (χ3v) is 8.24. The van der Waals surface area contributed by atoms with E-state index in [2.05, 4.69) is 10.6 Å². The van der Waals surface area contributed by atoms with E-state index in [4.69, 9.17) is 0 Å². The Kier molecular flexibility index (Phi) is 12.1. The number of amides is 3. The first-order chi connectivity index (χ1) is 22.1. The molecule has 4 N–H and O–H groups in total. The fourth-order valence-corrected chi connectivity index (χ4v) is 5.47. The molecule has 0 aliphatic carbocycles. The number of aliphatic hydroxyl groups excluding tert-OH is 1. The molecule has 3 atom stereocenters. The Hall–Kier alpha value is -4.95. The first-order valence-electron chi connectivity index (χ1n) is 15.6. The van der Waals surface area contributed by atoms with Gasteiger partial charge >= 0.3 is 0 Å². The highest BCUT2D eigenvalue weighted by Crippen LogP contribution is 2.21. The van der Waals surface area contributed by atoms with Crippen molar-refractivity contribution in [2.24, 2.45) is 0 Å². The molecule has 240 valence electrons. The number of nitrogens with zero attached hydrogens (tertiary/aromatic N) is 1. The maximum Gasteiger partial charge on any atom is 0.252 e. The van der Waals surface area contributed by atoms with E-state index < -0.39 is 24.1 Å². The number of aromatic hydroxyl groups is 1. The van der Waals surface area contributed by atoms with Crippen molar-refractivity contribution in [3.8, 4) is 5.75 Å². The summed E-state index contributed by atoms with van der Waals surface area (Å²) < 4.78 is 0. The van der Waals surface area contributed by atoms with E-state index in [1.807, 2.05) is 91.9 Å². The summed E-state index contributed by atoms with van der Waals surface area (Å²) in [4.78, 5) is 41.6. The van der Waals surface area contributed by atoms with Gasteiger partial charge in [-0.05, 0) is 55.5 Å². The van der Waals surface area contributed by atoms with Crippen LogP contribution in [0.25, 0.3) is 0 Å². The van der Waals surface area contributed by atoms with E-state index in [-0.39, 0.29) is 30.5 Å². The lowest BCUT2D eigenvalue weighted by Gasteiger charge is -2.32. The smallest absolute Gasteiger partial charge is 0.252 e. The lowest BCUT2D eigenvalue weighted by Crippen LogP contribution is -2.52. The highest BCUT2D eigenvalue weighted by molar-refractivity contribution is 5.96. The van der Waals surface area contributed by atoms with E-state index in [9.17, 15) is 24.6 Å². The predicted molar refractivity (Wildman–Crippen MR) is 179 cm³/mol. The Balaban J connectivity index is 1.53. The fourth-order valence-electron chi connectivity index (χ4n) is 5.47. The summed E-state index contributed by atoms with van der Waals surface area (Å²) in [5, 5.41) is 27.6. The second-order valence-electron chi connectivity index (χ2n) is 11.7. The standard InChI is InChI=1S/C38H43N3O5/c1-26-17-19-31(20-18-26)25-39-38(46)34(24-30-13-8-5-9-14-30)41(28(3)42)22-21-36(44)33(23-29-11-6-4-7-12-29)40-37(45)32-15-10-16-35(43)27(32)2/h4-20,33-34,36,43-44H,21-25H2,1-3H3,(H,39,46)(H,40,45)/t33-,34-,36+/m0/s1. The maximum atomic E-state index is 13.7. The third-order valence-electron chi connectivity index (χ3n) is 8.24. The minimum Gasteiger partial charge on any atom is -0.508 e. The van der Waals surface area contributed by atoms with Crippen LogP contribution in [0.2, 0.25) is 0 Å². The highest BCUT2D eigenvalue weighted by atomic mass is 16.3. The molecule has 46 heavy (non-hydrogen) atoms. The monoisotopic (exact) mass is 621 g/mol. The molecule has 0 radical (unpaired) electrons. The molecule has 0 spiro atoms. The summed E-state index contributed by atoms with van der Waals surface area (Å²) >= 11 is 0.